The molecule has 1 aromatic heterocycles. The van der Waals surface area contributed by atoms with Gasteiger partial charge in [-0.05, 0) is 20.8 Å². The average molecular weight is 462 g/mol. The van der Waals surface area contributed by atoms with Crippen LogP contribution in [0.15, 0.2) is 65.1 Å². The van der Waals surface area contributed by atoms with Gasteiger partial charge in [-0.25, -0.2) is 9.78 Å². The van der Waals surface area contributed by atoms with Crippen molar-refractivity contribution in [1.82, 2.24) is 14.8 Å². The maximum absolute atomic E-state index is 12.8. The molecule has 1 aliphatic rings. The summed E-state index contributed by atoms with van der Waals surface area (Å²) in [5.74, 6) is 1.28. The van der Waals surface area contributed by atoms with Gasteiger partial charge in [-0.15, -0.1) is 0 Å². The van der Waals surface area contributed by atoms with Gasteiger partial charge in [-0.1, -0.05) is 60.7 Å². The van der Waals surface area contributed by atoms with Crippen LogP contribution >= 0.6 is 0 Å². The fraction of sp³-hybridized carbons (Fsp3) is 0.370. The Hall–Kier alpha value is -3.61. The first-order valence-corrected chi connectivity index (χ1v) is 11.7. The molecule has 2 aromatic carbocycles. The topological polar surface area (TPSA) is 75.9 Å². The number of piperazine rings is 1. The second-order valence-electron chi connectivity index (χ2n) is 9.37. The van der Waals surface area contributed by atoms with Crippen LogP contribution in [0.4, 0.5) is 4.79 Å². The van der Waals surface area contributed by atoms with Crippen molar-refractivity contribution in [3.63, 3.8) is 0 Å². The van der Waals surface area contributed by atoms with E-state index in [4.69, 9.17) is 14.1 Å². The van der Waals surface area contributed by atoms with E-state index in [2.05, 4.69) is 0 Å². The number of nitrogens with zero attached hydrogens (tertiary/aromatic N) is 3. The zero-order valence-electron chi connectivity index (χ0n) is 20.0. The van der Waals surface area contributed by atoms with E-state index in [0.29, 0.717) is 50.7 Å². The van der Waals surface area contributed by atoms with Gasteiger partial charge in [-0.2, -0.15) is 0 Å². The van der Waals surface area contributed by atoms with E-state index in [9.17, 15) is 9.59 Å². The lowest BCUT2D eigenvalue weighted by Gasteiger charge is -2.35. The molecule has 7 heteroatoms. The molecule has 2 heterocycles. The average Bonchev–Trinajstić information content (AvgIpc) is 3.27. The van der Waals surface area contributed by atoms with Crippen LogP contribution in [0.3, 0.4) is 0 Å². The van der Waals surface area contributed by atoms with Gasteiger partial charge < -0.3 is 19.0 Å². The molecule has 0 aliphatic carbocycles. The number of benzene rings is 2. The second-order valence-corrected chi connectivity index (χ2v) is 9.37. The Bertz CT molecular complexity index is 1050. The molecule has 178 valence electrons. The molecule has 1 saturated heterocycles. The number of carbonyl (C=O) groups is 2. The number of carbonyl (C=O) groups excluding carboxylic acids is 2. The minimum atomic E-state index is -0.530. The van der Waals surface area contributed by atoms with Crippen molar-refractivity contribution >= 4 is 12.0 Å². The molecular formula is C27H31N3O4. The van der Waals surface area contributed by atoms with Crippen LogP contribution in [0.25, 0.3) is 22.6 Å². The number of ether oxygens (including phenoxy) is 1. The lowest BCUT2D eigenvalue weighted by molar-refractivity contribution is -0.133. The van der Waals surface area contributed by atoms with Gasteiger partial charge in [0, 0.05) is 50.1 Å². The number of aromatic nitrogens is 1. The van der Waals surface area contributed by atoms with Crippen LogP contribution in [0, 0.1) is 0 Å². The summed E-state index contributed by atoms with van der Waals surface area (Å²) in [6.07, 6.45) is 0.383. The third-order valence-corrected chi connectivity index (χ3v) is 5.59. The summed E-state index contributed by atoms with van der Waals surface area (Å²) in [4.78, 5) is 33.3. The number of hydrogen-bond donors (Lipinski definition) is 0. The molecule has 0 bridgehead atoms. The largest absolute Gasteiger partial charge is 0.444 e. The minimum absolute atomic E-state index is 0.0320. The fourth-order valence-corrected chi connectivity index (χ4v) is 3.89. The predicted molar refractivity (Wildman–Crippen MR) is 130 cm³/mol. The number of aryl methyl sites for hydroxylation is 1. The van der Waals surface area contributed by atoms with E-state index in [1.165, 1.54) is 0 Å². The van der Waals surface area contributed by atoms with Crippen molar-refractivity contribution < 1.29 is 18.7 Å². The second kappa shape index (κ2) is 10.1. The maximum Gasteiger partial charge on any atom is 0.410 e. The first-order chi connectivity index (χ1) is 16.3. The van der Waals surface area contributed by atoms with Gasteiger partial charge in [0.1, 0.15) is 11.3 Å². The third kappa shape index (κ3) is 5.84. The highest BCUT2D eigenvalue weighted by Gasteiger charge is 2.28. The number of amides is 2. The molecule has 4 rings (SSSR count). The van der Waals surface area contributed by atoms with Crippen LogP contribution in [0.2, 0.25) is 0 Å². The monoisotopic (exact) mass is 461 g/mol. The van der Waals surface area contributed by atoms with Crippen molar-refractivity contribution in [3.05, 3.63) is 66.6 Å². The molecule has 0 unspecified atom stereocenters. The molecule has 1 aliphatic heterocycles. The van der Waals surface area contributed by atoms with Crippen molar-refractivity contribution in [2.75, 3.05) is 26.2 Å². The molecule has 0 N–H and O–H groups in total. The Labute approximate surface area is 200 Å². The first-order valence-electron chi connectivity index (χ1n) is 11.7. The van der Waals surface area contributed by atoms with E-state index in [0.717, 1.165) is 16.8 Å². The van der Waals surface area contributed by atoms with Crippen molar-refractivity contribution in [1.29, 1.82) is 0 Å². The fourth-order valence-electron chi connectivity index (χ4n) is 3.89. The first kappa shape index (κ1) is 23.5. The molecule has 7 nitrogen and oxygen atoms in total. The zero-order valence-corrected chi connectivity index (χ0v) is 20.0. The lowest BCUT2D eigenvalue weighted by atomic mass is 10.1. The Morgan fingerprint density at radius 3 is 2.03 bits per heavy atom. The predicted octanol–water partition coefficient (Wildman–Crippen LogP) is 5.02. The Kier molecular flexibility index (Phi) is 7.01. The smallest absolute Gasteiger partial charge is 0.410 e. The summed E-state index contributed by atoms with van der Waals surface area (Å²) in [5.41, 5.74) is 2.17. The van der Waals surface area contributed by atoms with Crippen LogP contribution < -0.4 is 0 Å². The standard InChI is InChI=1S/C27H31N3O4/c1-27(2,3)34-26(32)30-18-16-29(17-19-30)23(31)15-14-22-28-24(20-10-6-4-7-11-20)25(33-22)21-12-8-5-9-13-21/h4-13H,14-19H2,1-3H3. The van der Waals surface area contributed by atoms with Gasteiger partial charge in [0.25, 0.3) is 0 Å². The third-order valence-electron chi connectivity index (χ3n) is 5.59. The van der Waals surface area contributed by atoms with Gasteiger partial charge in [0.2, 0.25) is 5.91 Å². The van der Waals surface area contributed by atoms with E-state index < -0.39 is 5.60 Å². The maximum atomic E-state index is 12.8. The summed E-state index contributed by atoms with van der Waals surface area (Å²) in [5, 5.41) is 0. The highest BCUT2D eigenvalue weighted by Crippen LogP contribution is 2.32. The van der Waals surface area contributed by atoms with Crippen LogP contribution in [-0.4, -0.2) is 58.6 Å². The number of oxazole rings is 1. The SMILES string of the molecule is CC(C)(C)OC(=O)N1CCN(C(=O)CCc2nc(-c3ccccc3)c(-c3ccccc3)o2)CC1. The van der Waals surface area contributed by atoms with Gasteiger partial charge in [0.05, 0.1) is 0 Å². The van der Waals surface area contributed by atoms with Crippen LogP contribution in [0.5, 0.6) is 0 Å². The Morgan fingerprint density at radius 2 is 1.44 bits per heavy atom. The van der Waals surface area contributed by atoms with E-state index in [1.54, 1.807) is 9.80 Å². The molecule has 1 fully saturated rings. The molecular weight excluding hydrogens is 430 g/mol. The molecule has 0 saturated carbocycles. The van der Waals surface area contributed by atoms with Crippen LogP contribution in [0.1, 0.15) is 33.1 Å². The minimum Gasteiger partial charge on any atom is -0.444 e. The molecule has 2 amide bonds. The molecule has 34 heavy (non-hydrogen) atoms. The Balaban J connectivity index is 1.39. The summed E-state index contributed by atoms with van der Waals surface area (Å²) in [6.45, 7) is 7.47. The van der Waals surface area contributed by atoms with E-state index >= 15 is 0 Å². The van der Waals surface area contributed by atoms with E-state index in [-0.39, 0.29) is 12.0 Å². The number of hydrogen-bond acceptors (Lipinski definition) is 5. The summed E-state index contributed by atoms with van der Waals surface area (Å²) in [7, 11) is 0. The molecule has 3 aromatic rings. The molecule has 0 radical (unpaired) electrons. The Morgan fingerprint density at radius 1 is 0.882 bits per heavy atom. The van der Waals surface area contributed by atoms with Gasteiger partial charge >= 0.3 is 6.09 Å². The quantitative estimate of drug-likeness (QED) is 0.533. The molecule has 0 spiro atoms. The van der Waals surface area contributed by atoms with Crippen molar-refractivity contribution in [3.8, 4) is 22.6 Å². The van der Waals surface area contributed by atoms with Crippen molar-refractivity contribution in [2.24, 2.45) is 0 Å². The lowest BCUT2D eigenvalue weighted by Crippen LogP contribution is -2.51. The van der Waals surface area contributed by atoms with Gasteiger partial charge in [-0.3, -0.25) is 4.79 Å². The highest BCUT2D eigenvalue weighted by molar-refractivity contribution is 5.78. The normalized spacial score (nSPS) is 14.2. The summed E-state index contributed by atoms with van der Waals surface area (Å²) in [6, 6.07) is 19.8. The van der Waals surface area contributed by atoms with Gasteiger partial charge in [0.15, 0.2) is 11.7 Å². The van der Waals surface area contributed by atoms with Crippen molar-refractivity contribution in [2.45, 2.75) is 39.2 Å². The van der Waals surface area contributed by atoms with E-state index in [1.807, 2.05) is 81.4 Å². The summed E-state index contributed by atoms with van der Waals surface area (Å²) >= 11 is 0. The summed E-state index contributed by atoms with van der Waals surface area (Å²) < 4.78 is 11.6. The zero-order chi connectivity index (χ0) is 24.1. The highest BCUT2D eigenvalue weighted by atomic mass is 16.6. The number of rotatable bonds is 5. The van der Waals surface area contributed by atoms with Crippen LogP contribution in [-0.2, 0) is 16.0 Å². The molecule has 0 atom stereocenters.